The standard InChI is InChI=1S/C16H29N5O.HI/c1-5-8-16(4)9-7-10-21(12-16)15(17-6-2)18-11-14-19-13(3)22-20-14;/h5-12H2,1-4H3,(H,17,18);1H. The number of likely N-dealkylation sites (tertiary alicyclic amines) is 1. The zero-order chi connectivity index (χ0) is 16.0. The molecule has 1 unspecified atom stereocenters. The lowest BCUT2D eigenvalue weighted by Gasteiger charge is -2.42. The first-order chi connectivity index (χ1) is 10.6. The smallest absolute Gasteiger partial charge is 0.223 e. The average Bonchev–Trinajstić information content (AvgIpc) is 2.89. The third-order valence-corrected chi connectivity index (χ3v) is 4.21. The molecular weight excluding hydrogens is 405 g/mol. The summed E-state index contributed by atoms with van der Waals surface area (Å²) in [6.45, 7) is 12.0. The molecule has 1 aromatic heterocycles. The first-order valence-electron chi connectivity index (χ1n) is 8.39. The second kappa shape index (κ2) is 9.44. The Bertz CT molecular complexity index is 500. The third kappa shape index (κ3) is 5.93. The maximum absolute atomic E-state index is 5.00. The first-order valence-corrected chi connectivity index (χ1v) is 8.39. The van der Waals surface area contributed by atoms with Crippen molar-refractivity contribution in [3.8, 4) is 0 Å². The van der Waals surface area contributed by atoms with Crippen molar-refractivity contribution in [3.05, 3.63) is 11.7 Å². The van der Waals surface area contributed by atoms with Crippen molar-refractivity contribution in [3.63, 3.8) is 0 Å². The van der Waals surface area contributed by atoms with E-state index in [-0.39, 0.29) is 24.0 Å². The monoisotopic (exact) mass is 435 g/mol. The van der Waals surface area contributed by atoms with Crippen molar-refractivity contribution in [2.45, 2.75) is 59.9 Å². The van der Waals surface area contributed by atoms with Crippen molar-refractivity contribution >= 4 is 29.9 Å². The van der Waals surface area contributed by atoms with E-state index in [9.17, 15) is 0 Å². The molecule has 0 bridgehead atoms. The Morgan fingerprint density at radius 3 is 2.83 bits per heavy atom. The molecule has 1 aliphatic heterocycles. The second-order valence-electron chi connectivity index (χ2n) is 6.49. The van der Waals surface area contributed by atoms with Crippen LogP contribution in [-0.2, 0) is 6.54 Å². The van der Waals surface area contributed by atoms with E-state index in [0.29, 0.717) is 23.7 Å². The van der Waals surface area contributed by atoms with Gasteiger partial charge in [0.25, 0.3) is 0 Å². The lowest BCUT2D eigenvalue weighted by molar-refractivity contribution is 0.142. The quantitative estimate of drug-likeness (QED) is 0.437. The zero-order valence-electron chi connectivity index (χ0n) is 14.8. The summed E-state index contributed by atoms with van der Waals surface area (Å²) < 4.78 is 5.00. The van der Waals surface area contributed by atoms with E-state index >= 15 is 0 Å². The molecule has 1 aromatic rings. The van der Waals surface area contributed by atoms with Crippen molar-refractivity contribution in [2.75, 3.05) is 19.6 Å². The predicted molar refractivity (Wildman–Crippen MR) is 103 cm³/mol. The lowest BCUT2D eigenvalue weighted by atomic mass is 9.78. The molecule has 132 valence electrons. The summed E-state index contributed by atoms with van der Waals surface area (Å²) in [7, 11) is 0. The van der Waals surface area contributed by atoms with Crippen LogP contribution in [0.2, 0.25) is 0 Å². The van der Waals surface area contributed by atoms with Gasteiger partial charge < -0.3 is 14.7 Å². The van der Waals surface area contributed by atoms with Crippen LogP contribution in [0.5, 0.6) is 0 Å². The largest absolute Gasteiger partial charge is 0.357 e. The van der Waals surface area contributed by atoms with Gasteiger partial charge >= 0.3 is 0 Å². The van der Waals surface area contributed by atoms with Crippen LogP contribution >= 0.6 is 24.0 Å². The minimum atomic E-state index is 0. The molecule has 7 heteroatoms. The Morgan fingerprint density at radius 2 is 2.22 bits per heavy atom. The number of aryl methyl sites for hydroxylation is 1. The number of halogens is 1. The number of aliphatic imine (C=N–C) groups is 1. The van der Waals surface area contributed by atoms with Crippen molar-refractivity contribution in [1.82, 2.24) is 20.4 Å². The fourth-order valence-corrected chi connectivity index (χ4v) is 3.28. The molecule has 23 heavy (non-hydrogen) atoms. The van der Waals surface area contributed by atoms with Gasteiger partial charge in [0.1, 0.15) is 6.54 Å². The van der Waals surface area contributed by atoms with Gasteiger partial charge in [-0.05, 0) is 31.6 Å². The third-order valence-electron chi connectivity index (χ3n) is 4.21. The van der Waals surface area contributed by atoms with Gasteiger partial charge in [0, 0.05) is 26.6 Å². The van der Waals surface area contributed by atoms with Crippen LogP contribution in [0.15, 0.2) is 9.52 Å². The SMILES string of the molecule is CCCC1(C)CCCN(C(=NCc2noc(C)n2)NCC)C1.I. The van der Waals surface area contributed by atoms with Gasteiger partial charge in [-0.15, -0.1) is 24.0 Å². The van der Waals surface area contributed by atoms with Crippen molar-refractivity contribution < 1.29 is 4.52 Å². The van der Waals surface area contributed by atoms with E-state index < -0.39 is 0 Å². The number of guanidine groups is 1. The summed E-state index contributed by atoms with van der Waals surface area (Å²) in [5.41, 5.74) is 0.395. The Morgan fingerprint density at radius 1 is 1.43 bits per heavy atom. The number of piperidine rings is 1. The number of hydrogen-bond acceptors (Lipinski definition) is 4. The Kier molecular flexibility index (Phi) is 8.28. The fourth-order valence-electron chi connectivity index (χ4n) is 3.28. The van der Waals surface area contributed by atoms with Gasteiger partial charge in [-0.25, -0.2) is 4.99 Å². The zero-order valence-corrected chi connectivity index (χ0v) is 17.1. The molecule has 1 fully saturated rings. The van der Waals surface area contributed by atoms with Crippen LogP contribution in [0.3, 0.4) is 0 Å². The summed E-state index contributed by atoms with van der Waals surface area (Å²) in [5.74, 6) is 2.19. The Hall–Kier alpha value is -0.860. The van der Waals surface area contributed by atoms with E-state index in [1.807, 2.05) is 0 Å². The molecule has 1 saturated heterocycles. The fraction of sp³-hybridized carbons (Fsp3) is 0.812. The first kappa shape index (κ1) is 20.2. The molecule has 0 aromatic carbocycles. The average molecular weight is 435 g/mol. The minimum absolute atomic E-state index is 0. The van der Waals surface area contributed by atoms with E-state index in [1.165, 1.54) is 25.7 Å². The number of nitrogens with one attached hydrogen (secondary N) is 1. The maximum atomic E-state index is 5.00. The molecule has 0 amide bonds. The van der Waals surface area contributed by atoms with Crippen molar-refractivity contribution in [2.24, 2.45) is 10.4 Å². The Labute approximate surface area is 156 Å². The highest BCUT2D eigenvalue weighted by atomic mass is 127. The summed E-state index contributed by atoms with van der Waals surface area (Å²) >= 11 is 0. The Balaban J connectivity index is 0.00000264. The highest BCUT2D eigenvalue weighted by Crippen LogP contribution is 2.33. The van der Waals surface area contributed by atoms with Crippen LogP contribution in [0.1, 0.15) is 58.2 Å². The van der Waals surface area contributed by atoms with Gasteiger partial charge in [0.2, 0.25) is 5.89 Å². The molecule has 1 atom stereocenters. The molecule has 0 spiro atoms. The van der Waals surface area contributed by atoms with Crippen LogP contribution in [0, 0.1) is 12.3 Å². The van der Waals surface area contributed by atoms with Crippen molar-refractivity contribution in [1.29, 1.82) is 0 Å². The molecule has 0 radical (unpaired) electrons. The molecule has 0 aliphatic carbocycles. The molecular formula is C16H30IN5O. The second-order valence-corrected chi connectivity index (χ2v) is 6.49. The number of aromatic nitrogens is 2. The molecule has 6 nitrogen and oxygen atoms in total. The molecule has 2 heterocycles. The van der Waals surface area contributed by atoms with E-state index in [2.05, 4.69) is 41.1 Å². The molecule has 1 N–H and O–H groups in total. The predicted octanol–water partition coefficient (Wildman–Crippen LogP) is 3.36. The van der Waals surface area contributed by atoms with Gasteiger partial charge in [0.05, 0.1) is 0 Å². The van der Waals surface area contributed by atoms with E-state index in [0.717, 1.165) is 25.6 Å². The summed E-state index contributed by atoms with van der Waals surface area (Å²) in [4.78, 5) is 11.3. The van der Waals surface area contributed by atoms with Crippen LogP contribution < -0.4 is 5.32 Å². The van der Waals surface area contributed by atoms with Gasteiger partial charge in [-0.3, -0.25) is 0 Å². The van der Waals surface area contributed by atoms with Crippen LogP contribution in [-0.4, -0.2) is 40.6 Å². The summed E-state index contributed by atoms with van der Waals surface area (Å²) in [6.07, 6.45) is 5.04. The topological polar surface area (TPSA) is 66.5 Å². The normalized spacial score (nSPS) is 21.9. The van der Waals surface area contributed by atoms with Gasteiger partial charge in [-0.2, -0.15) is 4.98 Å². The number of nitrogens with zero attached hydrogens (tertiary/aromatic N) is 4. The molecule has 2 rings (SSSR count). The van der Waals surface area contributed by atoms with E-state index in [1.54, 1.807) is 6.92 Å². The van der Waals surface area contributed by atoms with Crippen LogP contribution in [0.4, 0.5) is 0 Å². The number of rotatable bonds is 5. The molecule has 1 aliphatic rings. The highest BCUT2D eigenvalue weighted by molar-refractivity contribution is 14.0. The van der Waals surface area contributed by atoms with Gasteiger partial charge in [0.15, 0.2) is 11.8 Å². The van der Waals surface area contributed by atoms with E-state index in [4.69, 9.17) is 9.52 Å². The van der Waals surface area contributed by atoms with Crippen LogP contribution in [0.25, 0.3) is 0 Å². The maximum Gasteiger partial charge on any atom is 0.223 e. The van der Waals surface area contributed by atoms with Gasteiger partial charge in [-0.1, -0.05) is 25.4 Å². The lowest BCUT2D eigenvalue weighted by Crippen LogP contribution is -2.49. The summed E-state index contributed by atoms with van der Waals surface area (Å²) in [5, 5.41) is 7.31. The number of hydrogen-bond donors (Lipinski definition) is 1. The summed E-state index contributed by atoms with van der Waals surface area (Å²) in [6, 6.07) is 0. The molecule has 0 saturated carbocycles. The minimum Gasteiger partial charge on any atom is -0.357 e. The highest BCUT2D eigenvalue weighted by Gasteiger charge is 2.31.